The molecule has 12 nitrogen and oxygen atoms in total. The van der Waals surface area contributed by atoms with Crippen LogP contribution in [0.4, 0.5) is 11.8 Å². The first-order chi connectivity index (χ1) is 18.4. The van der Waals surface area contributed by atoms with Crippen molar-refractivity contribution in [1.29, 1.82) is 0 Å². The van der Waals surface area contributed by atoms with Crippen LogP contribution in [0.3, 0.4) is 0 Å². The number of benzene rings is 1. The normalized spacial score (nSPS) is 15.6. The topological polar surface area (TPSA) is 156 Å². The van der Waals surface area contributed by atoms with E-state index in [-0.39, 0.29) is 18.9 Å². The van der Waals surface area contributed by atoms with Crippen molar-refractivity contribution in [2.75, 3.05) is 30.6 Å². The number of nitrogens with one attached hydrogen (secondary N) is 2. The summed E-state index contributed by atoms with van der Waals surface area (Å²) in [5, 5.41) is 6.22. The van der Waals surface area contributed by atoms with Gasteiger partial charge in [0, 0.05) is 12.6 Å². The third-order valence-electron chi connectivity index (χ3n) is 5.92. The summed E-state index contributed by atoms with van der Waals surface area (Å²) in [6.45, 7) is 4.73. The van der Waals surface area contributed by atoms with Gasteiger partial charge in [0.25, 0.3) is 0 Å². The summed E-state index contributed by atoms with van der Waals surface area (Å²) in [5.74, 6) is 0.723. The van der Waals surface area contributed by atoms with Crippen molar-refractivity contribution in [1.82, 2.24) is 24.6 Å². The third kappa shape index (κ3) is 7.66. The zero-order valence-corrected chi connectivity index (χ0v) is 22.7. The number of hydrogen-bond acceptors (Lipinski definition) is 10. The highest BCUT2D eigenvalue weighted by molar-refractivity contribution is 7.57. The number of carbonyl (C=O) groups excluding carboxylic acids is 1. The minimum atomic E-state index is -3.64. The Labute approximate surface area is 222 Å². The number of nitrogen functional groups attached to an aromatic ring is 1. The summed E-state index contributed by atoms with van der Waals surface area (Å²) >= 11 is 0. The maximum atomic E-state index is 13.8. The van der Waals surface area contributed by atoms with E-state index in [0.29, 0.717) is 48.3 Å². The fourth-order valence-corrected chi connectivity index (χ4v) is 5.48. The summed E-state index contributed by atoms with van der Waals surface area (Å²) in [5.41, 5.74) is 7.15. The van der Waals surface area contributed by atoms with Crippen molar-refractivity contribution in [3.05, 3.63) is 36.7 Å². The number of esters is 1. The van der Waals surface area contributed by atoms with E-state index < -0.39 is 19.5 Å². The lowest BCUT2D eigenvalue weighted by Crippen LogP contribution is -2.37. The quantitative estimate of drug-likeness (QED) is 0.136. The Morgan fingerprint density at radius 2 is 2.00 bits per heavy atom. The lowest BCUT2D eigenvalue weighted by molar-refractivity contribution is -0.145. The monoisotopic (exact) mass is 545 g/mol. The van der Waals surface area contributed by atoms with Gasteiger partial charge in [-0.3, -0.25) is 9.36 Å². The number of ether oxygens (including phenoxy) is 2. The molecule has 2 aromatic heterocycles. The Hall–Kier alpha value is -3.21. The van der Waals surface area contributed by atoms with Gasteiger partial charge in [-0.15, -0.1) is 0 Å². The smallest absolute Gasteiger partial charge is 0.342 e. The number of unbranched alkanes of at least 4 members (excludes halogenated alkanes) is 1. The van der Waals surface area contributed by atoms with Gasteiger partial charge in [-0.25, -0.2) is 10.1 Å². The number of imidazole rings is 1. The van der Waals surface area contributed by atoms with E-state index in [1.807, 2.05) is 24.5 Å². The van der Waals surface area contributed by atoms with E-state index in [4.69, 9.17) is 19.7 Å². The Balaban J connectivity index is 1.40. The minimum Gasteiger partial charge on any atom is -0.465 e. The Morgan fingerprint density at radius 1 is 1.21 bits per heavy atom. The Morgan fingerprint density at radius 3 is 2.71 bits per heavy atom. The summed E-state index contributed by atoms with van der Waals surface area (Å²) in [4.78, 5) is 25.6. The molecule has 1 unspecified atom stereocenters. The molecule has 1 saturated carbocycles. The van der Waals surface area contributed by atoms with Crippen molar-refractivity contribution in [3.8, 4) is 5.75 Å². The van der Waals surface area contributed by atoms with E-state index >= 15 is 0 Å². The predicted molar refractivity (Wildman–Crippen MR) is 145 cm³/mol. The van der Waals surface area contributed by atoms with Gasteiger partial charge in [-0.05, 0) is 37.8 Å². The van der Waals surface area contributed by atoms with Crippen LogP contribution in [0.5, 0.6) is 5.75 Å². The molecule has 0 aliphatic heterocycles. The molecule has 0 radical (unpaired) electrons. The number of rotatable bonds is 16. The van der Waals surface area contributed by atoms with Crippen molar-refractivity contribution < 1.29 is 23.4 Å². The average molecular weight is 546 g/mol. The third-order valence-corrected chi connectivity index (χ3v) is 7.65. The molecule has 0 bridgehead atoms. The first-order valence-corrected chi connectivity index (χ1v) is 14.8. The first-order valence-electron chi connectivity index (χ1n) is 13.0. The fourth-order valence-electron chi connectivity index (χ4n) is 3.70. The molecule has 2 heterocycles. The molecule has 4 N–H and O–H groups in total. The molecule has 2 atom stereocenters. The van der Waals surface area contributed by atoms with Crippen LogP contribution in [-0.4, -0.2) is 57.1 Å². The van der Waals surface area contributed by atoms with Crippen LogP contribution >= 0.6 is 7.52 Å². The lowest BCUT2D eigenvalue weighted by atomic mass is 10.2. The summed E-state index contributed by atoms with van der Waals surface area (Å²) < 4.78 is 32.6. The van der Waals surface area contributed by atoms with Crippen LogP contribution in [0.2, 0.25) is 0 Å². The number of hydrogen-bond donors (Lipinski definition) is 3. The molecule has 0 saturated heterocycles. The highest BCUT2D eigenvalue weighted by Crippen LogP contribution is 2.44. The second-order valence-electron chi connectivity index (χ2n) is 9.19. The number of para-hydroxylation sites is 1. The van der Waals surface area contributed by atoms with E-state index in [1.54, 1.807) is 30.6 Å². The van der Waals surface area contributed by atoms with Crippen LogP contribution < -0.4 is 20.7 Å². The van der Waals surface area contributed by atoms with Crippen LogP contribution in [0.15, 0.2) is 36.7 Å². The SMILES string of the molecule is CCCCOC(=O)[C@H](CC)NP(=O)(COCCn1cnc2c(NC3CC3)nc(N)nc21)Oc1ccccc1. The molecule has 3 aromatic rings. The zero-order chi connectivity index (χ0) is 27.0. The molecule has 4 rings (SSSR count). The summed E-state index contributed by atoms with van der Waals surface area (Å²) in [6, 6.07) is 8.39. The molecule has 1 aromatic carbocycles. The number of nitrogens with two attached hydrogens (primary N) is 1. The molecule has 1 fully saturated rings. The van der Waals surface area contributed by atoms with Gasteiger partial charge >= 0.3 is 13.5 Å². The molecule has 38 heavy (non-hydrogen) atoms. The predicted octanol–water partition coefficient (Wildman–Crippen LogP) is 3.94. The molecule has 0 spiro atoms. The van der Waals surface area contributed by atoms with Crippen molar-refractivity contribution >= 4 is 36.4 Å². The molecular formula is C25H36N7O5P. The Kier molecular flexibility index (Phi) is 9.54. The largest absolute Gasteiger partial charge is 0.465 e. The molecule has 206 valence electrons. The second kappa shape index (κ2) is 13.0. The number of anilines is 2. The van der Waals surface area contributed by atoms with Gasteiger partial charge in [-0.2, -0.15) is 9.97 Å². The maximum Gasteiger partial charge on any atom is 0.342 e. The highest BCUT2D eigenvalue weighted by Gasteiger charge is 2.32. The second-order valence-corrected chi connectivity index (χ2v) is 11.2. The van der Waals surface area contributed by atoms with E-state index in [2.05, 4.69) is 25.4 Å². The highest BCUT2D eigenvalue weighted by atomic mass is 31.2. The molecule has 0 amide bonds. The maximum absolute atomic E-state index is 13.8. The molecule has 1 aliphatic rings. The van der Waals surface area contributed by atoms with E-state index in [0.717, 1.165) is 25.7 Å². The average Bonchev–Trinajstić information content (AvgIpc) is 3.63. The fraction of sp³-hybridized carbons (Fsp3) is 0.520. The molecule has 1 aliphatic carbocycles. The van der Waals surface area contributed by atoms with Crippen LogP contribution in [-0.2, 0) is 25.4 Å². The van der Waals surface area contributed by atoms with Gasteiger partial charge in [0.2, 0.25) is 5.95 Å². The van der Waals surface area contributed by atoms with Crippen LogP contribution in [0.25, 0.3) is 11.2 Å². The van der Waals surface area contributed by atoms with Gasteiger partial charge in [0.05, 0.1) is 19.5 Å². The number of fused-ring (bicyclic) bond motifs is 1. The number of aromatic nitrogens is 4. The van der Waals surface area contributed by atoms with E-state index in [9.17, 15) is 9.36 Å². The van der Waals surface area contributed by atoms with Crippen LogP contribution in [0, 0.1) is 0 Å². The van der Waals surface area contributed by atoms with Crippen molar-refractivity contribution in [2.24, 2.45) is 0 Å². The standard InChI is InChI=1S/C25H36N7O5P/c1-3-5-14-36-24(33)20(4-2)31-38(34,37-19-9-7-6-8-10-19)17-35-15-13-32-16-27-21-22(28-18-11-12-18)29-25(26)30-23(21)32/h6-10,16,18,20H,3-5,11-15,17H2,1-2H3,(H,31,34)(H3,26,28,29,30)/t20-,38?/m0/s1. The summed E-state index contributed by atoms with van der Waals surface area (Å²) in [7, 11) is -3.64. The summed E-state index contributed by atoms with van der Waals surface area (Å²) in [6.07, 6.45) is 5.64. The first kappa shape index (κ1) is 27.8. The molecular weight excluding hydrogens is 509 g/mol. The number of nitrogens with zero attached hydrogens (tertiary/aromatic N) is 4. The number of carbonyl (C=O) groups is 1. The van der Waals surface area contributed by atoms with Gasteiger partial charge in [-0.1, -0.05) is 38.5 Å². The Bertz CT molecular complexity index is 1250. The van der Waals surface area contributed by atoms with Gasteiger partial charge < -0.3 is 29.6 Å². The minimum absolute atomic E-state index is 0.157. The molecule has 13 heteroatoms. The van der Waals surface area contributed by atoms with Crippen molar-refractivity contribution in [3.63, 3.8) is 0 Å². The van der Waals surface area contributed by atoms with E-state index in [1.165, 1.54) is 0 Å². The lowest BCUT2D eigenvalue weighted by Gasteiger charge is -2.24. The zero-order valence-electron chi connectivity index (χ0n) is 21.8. The van der Waals surface area contributed by atoms with Gasteiger partial charge in [0.15, 0.2) is 17.0 Å². The van der Waals surface area contributed by atoms with Crippen molar-refractivity contribution in [2.45, 2.75) is 64.6 Å². The van der Waals surface area contributed by atoms with Gasteiger partial charge in [0.1, 0.15) is 18.1 Å². The van der Waals surface area contributed by atoms with Crippen LogP contribution in [0.1, 0.15) is 46.0 Å².